The van der Waals surface area contributed by atoms with Crippen LogP contribution in [0, 0.1) is 0 Å². The third-order valence-corrected chi connectivity index (χ3v) is 6.89. The first-order valence-electron chi connectivity index (χ1n) is 11.3. The number of carbonyl (C=O) groups is 2. The highest BCUT2D eigenvalue weighted by molar-refractivity contribution is 8.00. The van der Waals surface area contributed by atoms with Crippen molar-refractivity contribution in [2.75, 3.05) is 31.0 Å². The first kappa shape index (κ1) is 22.6. The van der Waals surface area contributed by atoms with Gasteiger partial charge >= 0.3 is 0 Å². The number of carbonyl (C=O) groups excluding carboxylic acids is 2. The molecule has 0 aliphatic carbocycles. The summed E-state index contributed by atoms with van der Waals surface area (Å²) in [7, 11) is 0. The Hall–Kier alpha value is -3.17. The highest BCUT2D eigenvalue weighted by Crippen LogP contribution is 2.34. The molecule has 178 valence electrons. The molecule has 2 aliphatic rings. The van der Waals surface area contributed by atoms with Crippen molar-refractivity contribution in [3.63, 3.8) is 0 Å². The van der Waals surface area contributed by atoms with Crippen LogP contribution < -0.4 is 14.8 Å². The number of aromatic nitrogens is 1. The van der Waals surface area contributed by atoms with Crippen LogP contribution in [0.5, 0.6) is 11.5 Å². The molecule has 1 fully saturated rings. The molecule has 2 atom stereocenters. The van der Waals surface area contributed by atoms with Crippen molar-refractivity contribution in [2.24, 2.45) is 0 Å². The van der Waals surface area contributed by atoms with E-state index in [1.54, 1.807) is 18.2 Å². The normalized spacial score (nSPS) is 19.4. The number of nitrogens with zero attached hydrogens (tertiary/aromatic N) is 2. The van der Waals surface area contributed by atoms with E-state index < -0.39 is 0 Å². The van der Waals surface area contributed by atoms with Gasteiger partial charge in [0.1, 0.15) is 6.54 Å². The van der Waals surface area contributed by atoms with Crippen molar-refractivity contribution < 1.29 is 23.8 Å². The summed E-state index contributed by atoms with van der Waals surface area (Å²) in [5.41, 5.74) is 1.64. The summed E-state index contributed by atoms with van der Waals surface area (Å²) in [6, 6.07) is 13.3. The maximum absolute atomic E-state index is 13.0. The van der Waals surface area contributed by atoms with Crippen LogP contribution in [0.15, 0.2) is 53.6 Å². The van der Waals surface area contributed by atoms with Crippen molar-refractivity contribution in [1.29, 1.82) is 0 Å². The number of anilines is 1. The molecule has 1 N–H and O–H groups in total. The maximum Gasteiger partial charge on any atom is 0.242 e. The third-order valence-electron chi connectivity index (χ3n) is 5.85. The van der Waals surface area contributed by atoms with Crippen molar-refractivity contribution >= 4 is 40.2 Å². The van der Waals surface area contributed by atoms with Crippen LogP contribution in [0.2, 0.25) is 0 Å². The molecular formula is C25H27N3O5S. The van der Waals surface area contributed by atoms with Gasteiger partial charge in [-0.1, -0.05) is 18.2 Å². The van der Waals surface area contributed by atoms with Gasteiger partial charge in [0.2, 0.25) is 18.6 Å². The van der Waals surface area contributed by atoms with E-state index in [-0.39, 0.29) is 43.1 Å². The molecule has 9 heteroatoms. The highest BCUT2D eigenvalue weighted by Gasteiger charge is 2.26. The second-order valence-corrected chi connectivity index (χ2v) is 9.62. The Morgan fingerprint density at radius 2 is 1.82 bits per heavy atom. The number of thioether (sulfide) groups is 1. The van der Waals surface area contributed by atoms with Crippen LogP contribution in [0.4, 0.5) is 5.69 Å². The fourth-order valence-corrected chi connectivity index (χ4v) is 5.29. The van der Waals surface area contributed by atoms with Gasteiger partial charge in [-0.25, -0.2) is 0 Å². The number of rotatable bonds is 6. The van der Waals surface area contributed by atoms with Gasteiger partial charge in [-0.05, 0) is 32.0 Å². The average Bonchev–Trinajstić information content (AvgIpc) is 3.41. The van der Waals surface area contributed by atoms with Crippen molar-refractivity contribution in [3.8, 4) is 11.5 Å². The first-order valence-corrected chi connectivity index (χ1v) is 12.3. The number of nitrogens with one attached hydrogen (secondary N) is 1. The fourth-order valence-electron chi connectivity index (χ4n) is 4.40. The Bertz CT molecular complexity index is 1220. The molecule has 2 amide bonds. The second kappa shape index (κ2) is 9.60. The van der Waals surface area contributed by atoms with E-state index in [9.17, 15) is 9.59 Å². The second-order valence-electron chi connectivity index (χ2n) is 8.60. The number of para-hydroxylation sites is 1. The summed E-state index contributed by atoms with van der Waals surface area (Å²) >= 11 is 1.45. The van der Waals surface area contributed by atoms with Crippen molar-refractivity contribution in [2.45, 2.75) is 37.5 Å². The largest absolute Gasteiger partial charge is 0.454 e. The van der Waals surface area contributed by atoms with Gasteiger partial charge < -0.3 is 29.0 Å². The molecule has 0 saturated carbocycles. The lowest BCUT2D eigenvalue weighted by Crippen LogP contribution is -2.49. The number of amides is 2. The van der Waals surface area contributed by atoms with Crippen LogP contribution >= 0.6 is 11.8 Å². The monoisotopic (exact) mass is 481 g/mol. The molecule has 0 spiro atoms. The summed E-state index contributed by atoms with van der Waals surface area (Å²) in [6.07, 6.45) is 2.03. The molecule has 3 heterocycles. The summed E-state index contributed by atoms with van der Waals surface area (Å²) in [5.74, 6) is 1.50. The number of hydrogen-bond donors (Lipinski definition) is 1. The maximum atomic E-state index is 13.0. The summed E-state index contributed by atoms with van der Waals surface area (Å²) in [4.78, 5) is 28.5. The lowest BCUT2D eigenvalue weighted by molar-refractivity contribution is -0.143. The van der Waals surface area contributed by atoms with Crippen LogP contribution in [0.3, 0.4) is 0 Å². The average molecular weight is 482 g/mol. The zero-order valence-corrected chi connectivity index (χ0v) is 20.0. The summed E-state index contributed by atoms with van der Waals surface area (Å²) in [6.45, 7) is 5.63. The number of morpholine rings is 1. The van der Waals surface area contributed by atoms with Gasteiger partial charge in [-0.2, -0.15) is 0 Å². The zero-order valence-electron chi connectivity index (χ0n) is 19.2. The predicted molar refractivity (Wildman–Crippen MR) is 130 cm³/mol. The molecule has 2 aliphatic heterocycles. The lowest BCUT2D eigenvalue weighted by Gasteiger charge is -2.35. The number of benzene rings is 2. The van der Waals surface area contributed by atoms with Crippen LogP contribution in [0.25, 0.3) is 10.9 Å². The minimum absolute atomic E-state index is 0.0310. The minimum atomic E-state index is -0.118. The molecule has 5 rings (SSSR count). The van der Waals surface area contributed by atoms with Gasteiger partial charge in [0.25, 0.3) is 0 Å². The quantitative estimate of drug-likeness (QED) is 0.541. The lowest BCUT2D eigenvalue weighted by atomic mass is 10.2. The Labute approximate surface area is 202 Å². The molecule has 1 aromatic heterocycles. The Kier molecular flexibility index (Phi) is 6.38. The van der Waals surface area contributed by atoms with E-state index in [0.29, 0.717) is 30.3 Å². The van der Waals surface area contributed by atoms with Crippen LogP contribution in [-0.4, -0.2) is 59.1 Å². The topological polar surface area (TPSA) is 82.0 Å². The molecule has 34 heavy (non-hydrogen) atoms. The van der Waals surface area contributed by atoms with E-state index in [4.69, 9.17) is 14.2 Å². The van der Waals surface area contributed by atoms with E-state index in [2.05, 4.69) is 5.32 Å². The van der Waals surface area contributed by atoms with Gasteiger partial charge in [-0.3, -0.25) is 9.59 Å². The molecule has 1 saturated heterocycles. The van der Waals surface area contributed by atoms with Crippen LogP contribution in [-0.2, 0) is 20.9 Å². The zero-order chi connectivity index (χ0) is 23.7. The van der Waals surface area contributed by atoms with E-state index in [1.165, 1.54) is 11.8 Å². The first-order chi connectivity index (χ1) is 16.5. The van der Waals surface area contributed by atoms with Gasteiger partial charge in [0.15, 0.2) is 11.5 Å². The van der Waals surface area contributed by atoms with Gasteiger partial charge in [0.05, 0.1) is 18.0 Å². The van der Waals surface area contributed by atoms with Crippen molar-refractivity contribution in [3.05, 3.63) is 48.7 Å². The Morgan fingerprint density at radius 3 is 2.65 bits per heavy atom. The molecule has 8 nitrogen and oxygen atoms in total. The standard InChI is InChI=1S/C25H27N3O5S/c1-16-10-28(11-17(2)33-16)25(30)13-27-12-23(19-5-3-4-6-20(19)27)34-14-24(29)26-18-7-8-21-22(9-18)32-15-31-21/h3-9,12,16-17H,10-11,13-15H2,1-2H3,(H,26,29)/t16-,17+. The van der Waals surface area contributed by atoms with Crippen LogP contribution in [0.1, 0.15) is 13.8 Å². The molecular weight excluding hydrogens is 454 g/mol. The summed E-state index contributed by atoms with van der Waals surface area (Å²) in [5, 5.41) is 3.93. The third kappa shape index (κ3) is 4.85. The molecule has 3 aromatic rings. The minimum Gasteiger partial charge on any atom is -0.454 e. The van der Waals surface area contributed by atoms with Gasteiger partial charge in [0, 0.05) is 46.8 Å². The molecule has 2 aromatic carbocycles. The number of fused-ring (bicyclic) bond motifs is 2. The van der Waals surface area contributed by atoms with E-state index in [1.807, 2.05) is 53.8 Å². The van der Waals surface area contributed by atoms with Gasteiger partial charge in [-0.15, -0.1) is 11.8 Å². The fraction of sp³-hybridized carbons (Fsp3) is 0.360. The van der Waals surface area contributed by atoms with E-state index in [0.717, 1.165) is 15.8 Å². The SMILES string of the molecule is C[C@@H]1CN(C(=O)Cn2cc(SCC(=O)Nc3ccc4c(c3)OCO4)c3ccccc32)C[C@H](C)O1. The highest BCUT2D eigenvalue weighted by atomic mass is 32.2. The molecule has 0 unspecified atom stereocenters. The van der Waals surface area contributed by atoms with Crippen molar-refractivity contribution in [1.82, 2.24) is 9.47 Å². The predicted octanol–water partition coefficient (Wildman–Crippen LogP) is 3.74. The smallest absolute Gasteiger partial charge is 0.242 e. The number of ether oxygens (including phenoxy) is 3. The van der Waals surface area contributed by atoms with E-state index >= 15 is 0 Å². The number of hydrogen-bond acceptors (Lipinski definition) is 6. The summed E-state index contributed by atoms with van der Waals surface area (Å²) < 4.78 is 18.4. The molecule has 0 bridgehead atoms. The Balaban J connectivity index is 1.26. The molecule has 0 radical (unpaired) electrons. The Morgan fingerprint density at radius 1 is 1.06 bits per heavy atom.